The molecule has 0 spiro atoms. The van der Waals surface area contributed by atoms with Crippen LogP contribution < -0.4 is 0 Å². The minimum absolute atomic E-state index is 0.0758. The van der Waals surface area contributed by atoms with Gasteiger partial charge in [0, 0.05) is 19.4 Å². The third-order valence-corrected chi connectivity index (χ3v) is 11.5. The Bertz CT molecular complexity index is 1070. The van der Waals surface area contributed by atoms with Crippen molar-refractivity contribution in [2.45, 2.75) is 271 Å². The number of rotatable bonds is 49. The van der Waals surface area contributed by atoms with Crippen LogP contribution in [-0.2, 0) is 23.8 Å². The molecule has 0 aromatic carbocycles. The van der Waals surface area contributed by atoms with Gasteiger partial charge in [-0.1, -0.05) is 229 Å². The fraction of sp³-hybridized carbons (Fsp3) is 0.789. The molecule has 0 N–H and O–H groups in total. The van der Waals surface area contributed by atoms with E-state index in [2.05, 4.69) is 81.5 Å². The van der Waals surface area contributed by atoms with Crippen molar-refractivity contribution in [2.75, 3.05) is 19.8 Å². The van der Waals surface area contributed by atoms with Gasteiger partial charge >= 0.3 is 11.9 Å². The first-order chi connectivity index (χ1) is 30.6. The number of allylic oxidation sites excluding steroid dienone is 10. The van der Waals surface area contributed by atoms with E-state index in [0.717, 1.165) is 83.5 Å². The molecule has 0 fully saturated rings. The summed E-state index contributed by atoms with van der Waals surface area (Å²) in [5.74, 6) is -0.418. The molecule has 0 amide bonds. The molecule has 0 aromatic heterocycles. The standard InChI is InChI=1S/C57H102O5/c1-4-7-10-13-16-19-22-24-26-28-29-31-32-34-36-38-41-44-47-50-56(58)61-54-55(53-60-52-49-46-43-40-21-18-15-12-9-6-3)62-57(59)51-48-45-42-39-37-35-33-30-27-25-23-20-17-14-11-8-5-2/h8,11,17,20,24-27,33,35,55H,4-7,9-10,12-16,18-19,21-23,28-32,34,36-54H2,1-3H3/b11-8-,20-17-,26-24-,27-25-,35-33-. The number of hydrogen-bond acceptors (Lipinski definition) is 5. The lowest BCUT2D eigenvalue weighted by Crippen LogP contribution is -2.30. The maximum Gasteiger partial charge on any atom is 0.306 e. The Balaban J connectivity index is 4.23. The molecule has 0 saturated carbocycles. The molecule has 0 bridgehead atoms. The molecule has 1 atom stereocenters. The molecule has 62 heavy (non-hydrogen) atoms. The third kappa shape index (κ3) is 50.2. The van der Waals surface area contributed by atoms with Gasteiger partial charge in [-0.2, -0.15) is 0 Å². The molecule has 0 aliphatic carbocycles. The van der Waals surface area contributed by atoms with Crippen LogP contribution in [0.2, 0.25) is 0 Å². The fourth-order valence-corrected chi connectivity index (χ4v) is 7.56. The molecule has 1 unspecified atom stereocenters. The van der Waals surface area contributed by atoms with Gasteiger partial charge in [-0.15, -0.1) is 0 Å². The lowest BCUT2D eigenvalue weighted by atomic mass is 10.1. The average molecular weight is 867 g/mol. The predicted octanol–water partition coefficient (Wildman–Crippen LogP) is 18.1. The molecule has 360 valence electrons. The highest BCUT2D eigenvalue weighted by atomic mass is 16.6. The Kier molecular flexibility index (Phi) is 50.9. The molecule has 0 heterocycles. The van der Waals surface area contributed by atoms with Gasteiger partial charge in [0.2, 0.25) is 0 Å². The number of carbonyl (C=O) groups is 2. The monoisotopic (exact) mass is 867 g/mol. The zero-order chi connectivity index (χ0) is 44.9. The molecular weight excluding hydrogens is 765 g/mol. The van der Waals surface area contributed by atoms with E-state index in [1.807, 2.05) is 0 Å². The first kappa shape index (κ1) is 59.6. The van der Waals surface area contributed by atoms with Crippen molar-refractivity contribution in [1.82, 2.24) is 0 Å². The summed E-state index contributed by atoms with van der Waals surface area (Å²) in [6, 6.07) is 0. The summed E-state index contributed by atoms with van der Waals surface area (Å²) in [5, 5.41) is 0. The summed E-state index contributed by atoms with van der Waals surface area (Å²) in [5.41, 5.74) is 0. The molecule has 0 radical (unpaired) electrons. The number of carbonyl (C=O) groups excluding carboxylic acids is 2. The number of hydrogen-bond donors (Lipinski definition) is 0. The SMILES string of the molecule is CC/C=C\C/C=C\C/C=C\C/C=C\CCCCCCC(=O)OC(COCCCCCCCCCCCC)COC(=O)CCCCCCCCCCC/C=C\CCCCCCCC. The summed E-state index contributed by atoms with van der Waals surface area (Å²) >= 11 is 0. The van der Waals surface area contributed by atoms with Crippen molar-refractivity contribution in [3.63, 3.8) is 0 Å². The highest BCUT2D eigenvalue weighted by molar-refractivity contribution is 5.70. The van der Waals surface area contributed by atoms with E-state index < -0.39 is 6.10 Å². The quantitative estimate of drug-likeness (QED) is 0.0346. The summed E-state index contributed by atoms with van der Waals surface area (Å²) in [6.45, 7) is 7.71. The minimum Gasteiger partial charge on any atom is -0.462 e. The summed E-state index contributed by atoms with van der Waals surface area (Å²) < 4.78 is 17.4. The van der Waals surface area contributed by atoms with Gasteiger partial charge in [-0.05, 0) is 83.5 Å². The summed E-state index contributed by atoms with van der Waals surface area (Å²) in [4.78, 5) is 25.4. The Hall–Kier alpha value is -2.40. The van der Waals surface area contributed by atoms with Crippen LogP contribution in [0, 0.1) is 0 Å². The van der Waals surface area contributed by atoms with Gasteiger partial charge in [-0.3, -0.25) is 9.59 Å². The van der Waals surface area contributed by atoms with Gasteiger partial charge in [0.1, 0.15) is 6.61 Å². The van der Waals surface area contributed by atoms with Crippen LogP contribution in [0.1, 0.15) is 265 Å². The van der Waals surface area contributed by atoms with Crippen molar-refractivity contribution in [3.05, 3.63) is 60.8 Å². The molecule has 0 saturated heterocycles. The molecule has 0 rings (SSSR count). The molecule has 0 aliphatic rings. The molecule has 5 nitrogen and oxygen atoms in total. The van der Waals surface area contributed by atoms with Crippen LogP contribution in [0.3, 0.4) is 0 Å². The van der Waals surface area contributed by atoms with Crippen LogP contribution in [0.5, 0.6) is 0 Å². The van der Waals surface area contributed by atoms with E-state index >= 15 is 0 Å². The number of ether oxygens (including phenoxy) is 3. The van der Waals surface area contributed by atoms with Crippen LogP contribution in [0.4, 0.5) is 0 Å². The molecular formula is C57H102O5. The van der Waals surface area contributed by atoms with E-state index in [-0.39, 0.29) is 25.2 Å². The van der Waals surface area contributed by atoms with Crippen LogP contribution in [0.25, 0.3) is 0 Å². The second-order valence-corrected chi connectivity index (χ2v) is 17.8. The average Bonchev–Trinajstić information content (AvgIpc) is 3.27. The Morgan fingerprint density at radius 2 is 0.726 bits per heavy atom. The number of unbranched alkanes of at least 4 members (excludes halogenated alkanes) is 28. The van der Waals surface area contributed by atoms with E-state index in [1.54, 1.807) is 0 Å². The Morgan fingerprint density at radius 3 is 1.18 bits per heavy atom. The maximum atomic E-state index is 12.8. The Labute approximate surface area is 385 Å². The third-order valence-electron chi connectivity index (χ3n) is 11.5. The smallest absolute Gasteiger partial charge is 0.306 e. The van der Waals surface area contributed by atoms with E-state index in [9.17, 15) is 9.59 Å². The zero-order valence-corrected chi connectivity index (χ0v) is 41.4. The molecule has 0 aliphatic heterocycles. The van der Waals surface area contributed by atoms with Crippen molar-refractivity contribution >= 4 is 11.9 Å². The van der Waals surface area contributed by atoms with Gasteiger partial charge in [0.25, 0.3) is 0 Å². The van der Waals surface area contributed by atoms with Crippen molar-refractivity contribution in [2.24, 2.45) is 0 Å². The van der Waals surface area contributed by atoms with Gasteiger partial charge in [0.05, 0.1) is 6.61 Å². The first-order valence-corrected chi connectivity index (χ1v) is 26.8. The first-order valence-electron chi connectivity index (χ1n) is 26.8. The van der Waals surface area contributed by atoms with E-state index in [0.29, 0.717) is 19.4 Å². The summed E-state index contributed by atoms with van der Waals surface area (Å²) in [7, 11) is 0. The molecule has 0 aromatic rings. The highest BCUT2D eigenvalue weighted by Crippen LogP contribution is 2.15. The number of esters is 2. The van der Waals surface area contributed by atoms with Crippen molar-refractivity contribution < 1.29 is 23.8 Å². The van der Waals surface area contributed by atoms with E-state index in [1.165, 1.54) is 148 Å². The van der Waals surface area contributed by atoms with Gasteiger partial charge in [-0.25, -0.2) is 0 Å². The van der Waals surface area contributed by atoms with Crippen LogP contribution >= 0.6 is 0 Å². The summed E-state index contributed by atoms with van der Waals surface area (Å²) in [6.07, 6.45) is 66.6. The maximum absolute atomic E-state index is 12.8. The Morgan fingerprint density at radius 1 is 0.371 bits per heavy atom. The largest absolute Gasteiger partial charge is 0.462 e. The second-order valence-electron chi connectivity index (χ2n) is 17.8. The van der Waals surface area contributed by atoms with E-state index in [4.69, 9.17) is 14.2 Å². The fourth-order valence-electron chi connectivity index (χ4n) is 7.56. The topological polar surface area (TPSA) is 61.8 Å². The lowest BCUT2D eigenvalue weighted by Gasteiger charge is -2.18. The van der Waals surface area contributed by atoms with Gasteiger partial charge < -0.3 is 14.2 Å². The van der Waals surface area contributed by atoms with Crippen LogP contribution in [-0.4, -0.2) is 37.9 Å². The normalized spacial score (nSPS) is 12.6. The lowest BCUT2D eigenvalue weighted by molar-refractivity contribution is -0.163. The van der Waals surface area contributed by atoms with Crippen molar-refractivity contribution in [3.8, 4) is 0 Å². The van der Waals surface area contributed by atoms with Gasteiger partial charge in [0.15, 0.2) is 6.10 Å². The molecule has 5 heteroatoms. The zero-order valence-electron chi connectivity index (χ0n) is 41.4. The minimum atomic E-state index is -0.547. The predicted molar refractivity (Wildman–Crippen MR) is 270 cm³/mol. The van der Waals surface area contributed by atoms with Crippen molar-refractivity contribution in [1.29, 1.82) is 0 Å². The second kappa shape index (κ2) is 52.9. The highest BCUT2D eigenvalue weighted by Gasteiger charge is 2.17. The van der Waals surface area contributed by atoms with Crippen LogP contribution in [0.15, 0.2) is 60.8 Å².